The largest absolute Gasteiger partial charge is 0.480 e. The van der Waals surface area contributed by atoms with Crippen LogP contribution in [0.3, 0.4) is 0 Å². The van der Waals surface area contributed by atoms with E-state index in [0.717, 1.165) is 25.9 Å². The van der Waals surface area contributed by atoms with Gasteiger partial charge in [-0.25, -0.2) is 9.59 Å². The smallest absolute Gasteiger partial charge is 0.326 e. The Morgan fingerprint density at radius 1 is 1.20 bits per heavy atom. The van der Waals surface area contributed by atoms with Gasteiger partial charge in [-0.1, -0.05) is 6.92 Å². The summed E-state index contributed by atoms with van der Waals surface area (Å²) in [5.41, 5.74) is 0. The predicted molar refractivity (Wildman–Crippen MR) is 73.3 cm³/mol. The molecule has 0 aliphatic carbocycles. The lowest BCUT2D eigenvalue weighted by molar-refractivity contribution is -0.142. The third-order valence-corrected chi connectivity index (χ3v) is 3.60. The van der Waals surface area contributed by atoms with Gasteiger partial charge in [-0.05, 0) is 19.3 Å². The Bertz CT molecular complexity index is 380. The van der Waals surface area contributed by atoms with E-state index in [4.69, 9.17) is 5.11 Å². The second kappa shape index (κ2) is 7.12. The van der Waals surface area contributed by atoms with Gasteiger partial charge in [-0.15, -0.1) is 0 Å². The van der Waals surface area contributed by atoms with Crippen molar-refractivity contribution in [2.24, 2.45) is 0 Å². The first-order chi connectivity index (χ1) is 9.38. The molecular weight excluding hydrogens is 262 g/mol. The van der Waals surface area contributed by atoms with Crippen LogP contribution in [-0.4, -0.2) is 77.5 Å². The molecule has 1 aliphatic heterocycles. The summed E-state index contributed by atoms with van der Waals surface area (Å²) in [6.07, 6.45) is 2.33. The topological polar surface area (TPSA) is 81.2 Å². The number of carboxylic acid groups (broad SMARTS) is 1. The molecule has 0 aromatic rings. The number of likely N-dealkylation sites (tertiary alicyclic amines) is 1. The van der Waals surface area contributed by atoms with E-state index in [0.29, 0.717) is 6.42 Å². The molecule has 20 heavy (non-hydrogen) atoms. The minimum absolute atomic E-state index is 0.0147. The standard InChI is InChI=1S/C13H23N3O4/c1-4-10(12(18)19)15(3)13(20)14(2)9-11(17)16-7-5-6-8-16/h10H,4-9H2,1-3H3,(H,18,19). The van der Waals surface area contributed by atoms with Gasteiger partial charge in [0.05, 0.1) is 0 Å². The normalized spacial score (nSPS) is 15.8. The highest BCUT2D eigenvalue weighted by atomic mass is 16.4. The van der Waals surface area contributed by atoms with E-state index in [-0.39, 0.29) is 12.5 Å². The average Bonchev–Trinajstić information content (AvgIpc) is 2.91. The molecule has 1 rings (SSSR count). The van der Waals surface area contributed by atoms with Crippen molar-refractivity contribution in [1.82, 2.24) is 14.7 Å². The van der Waals surface area contributed by atoms with E-state index < -0.39 is 18.0 Å². The Balaban J connectivity index is 2.57. The number of urea groups is 1. The van der Waals surface area contributed by atoms with E-state index in [1.54, 1.807) is 11.8 Å². The summed E-state index contributed by atoms with van der Waals surface area (Å²) in [7, 11) is 2.96. The summed E-state index contributed by atoms with van der Waals surface area (Å²) in [5.74, 6) is -1.13. The van der Waals surface area contributed by atoms with Crippen LogP contribution in [-0.2, 0) is 9.59 Å². The van der Waals surface area contributed by atoms with E-state index in [1.807, 2.05) is 0 Å². The van der Waals surface area contributed by atoms with Gasteiger partial charge >= 0.3 is 12.0 Å². The van der Waals surface area contributed by atoms with Gasteiger partial charge < -0.3 is 19.8 Å². The Labute approximate surface area is 119 Å². The molecule has 3 amide bonds. The highest BCUT2D eigenvalue weighted by molar-refractivity contribution is 5.86. The van der Waals surface area contributed by atoms with Crippen LogP contribution in [0.5, 0.6) is 0 Å². The van der Waals surface area contributed by atoms with Gasteiger partial charge in [0.1, 0.15) is 12.6 Å². The van der Waals surface area contributed by atoms with Crippen LogP contribution in [0.25, 0.3) is 0 Å². The first-order valence-electron chi connectivity index (χ1n) is 6.87. The lowest BCUT2D eigenvalue weighted by atomic mass is 10.2. The number of carbonyl (C=O) groups excluding carboxylic acids is 2. The fourth-order valence-corrected chi connectivity index (χ4v) is 2.35. The number of carboxylic acids is 1. The lowest BCUT2D eigenvalue weighted by Gasteiger charge is -2.29. The second-order valence-electron chi connectivity index (χ2n) is 5.10. The minimum atomic E-state index is -1.04. The predicted octanol–water partition coefficient (Wildman–Crippen LogP) is 0.456. The average molecular weight is 285 g/mol. The van der Waals surface area contributed by atoms with E-state index >= 15 is 0 Å². The van der Waals surface area contributed by atoms with Gasteiger partial charge in [0.15, 0.2) is 0 Å². The van der Waals surface area contributed by atoms with Crippen LogP contribution in [0, 0.1) is 0 Å². The number of nitrogens with zero attached hydrogens (tertiary/aromatic N) is 3. The van der Waals surface area contributed by atoms with Gasteiger partial charge in [0.2, 0.25) is 5.91 Å². The molecule has 0 spiro atoms. The van der Waals surface area contributed by atoms with Crippen molar-refractivity contribution in [3.05, 3.63) is 0 Å². The van der Waals surface area contributed by atoms with Gasteiger partial charge in [-0.3, -0.25) is 4.79 Å². The molecule has 0 aromatic heterocycles. The highest BCUT2D eigenvalue weighted by Gasteiger charge is 2.28. The first kappa shape index (κ1) is 16.3. The number of hydrogen-bond acceptors (Lipinski definition) is 3. The fraction of sp³-hybridized carbons (Fsp3) is 0.769. The monoisotopic (exact) mass is 285 g/mol. The maximum absolute atomic E-state index is 12.1. The Hall–Kier alpha value is -1.79. The number of likely N-dealkylation sites (N-methyl/N-ethyl adjacent to an activating group) is 2. The molecule has 1 aliphatic rings. The van der Waals surface area contributed by atoms with E-state index in [1.165, 1.54) is 23.9 Å². The number of carbonyl (C=O) groups is 3. The molecule has 0 saturated carbocycles. The summed E-state index contributed by atoms with van der Waals surface area (Å²) >= 11 is 0. The van der Waals surface area contributed by atoms with Crippen LogP contribution < -0.4 is 0 Å². The van der Waals surface area contributed by atoms with Crippen molar-refractivity contribution in [3.63, 3.8) is 0 Å². The molecule has 7 nitrogen and oxygen atoms in total. The maximum Gasteiger partial charge on any atom is 0.326 e. The van der Waals surface area contributed by atoms with E-state index in [2.05, 4.69) is 0 Å². The Morgan fingerprint density at radius 3 is 2.20 bits per heavy atom. The van der Waals surface area contributed by atoms with Crippen molar-refractivity contribution in [2.75, 3.05) is 33.7 Å². The molecule has 0 bridgehead atoms. The maximum atomic E-state index is 12.1. The van der Waals surface area contributed by atoms with Crippen molar-refractivity contribution in [2.45, 2.75) is 32.2 Å². The number of amides is 3. The second-order valence-corrected chi connectivity index (χ2v) is 5.10. The third-order valence-electron chi connectivity index (χ3n) is 3.60. The zero-order valence-electron chi connectivity index (χ0n) is 12.3. The molecule has 1 N–H and O–H groups in total. The minimum Gasteiger partial charge on any atom is -0.480 e. The van der Waals surface area contributed by atoms with Gasteiger partial charge in [-0.2, -0.15) is 0 Å². The highest BCUT2D eigenvalue weighted by Crippen LogP contribution is 2.09. The van der Waals surface area contributed by atoms with Crippen LogP contribution in [0.1, 0.15) is 26.2 Å². The summed E-state index contributed by atoms with van der Waals surface area (Å²) in [5, 5.41) is 9.04. The van der Waals surface area contributed by atoms with Crippen LogP contribution in [0.2, 0.25) is 0 Å². The molecule has 1 fully saturated rings. The van der Waals surface area contributed by atoms with Gasteiger partial charge in [0, 0.05) is 27.2 Å². The lowest BCUT2D eigenvalue weighted by Crippen LogP contribution is -2.50. The zero-order chi connectivity index (χ0) is 15.3. The van der Waals surface area contributed by atoms with Crippen molar-refractivity contribution in [1.29, 1.82) is 0 Å². The molecule has 0 radical (unpaired) electrons. The first-order valence-corrected chi connectivity index (χ1v) is 6.87. The summed E-state index contributed by atoms with van der Waals surface area (Å²) in [6, 6.07) is -1.32. The molecule has 1 unspecified atom stereocenters. The Morgan fingerprint density at radius 2 is 1.75 bits per heavy atom. The zero-order valence-corrected chi connectivity index (χ0v) is 12.3. The van der Waals surface area contributed by atoms with Crippen molar-refractivity contribution < 1.29 is 19.5 Å². The SMILES string of the molecule is CCC(C(=O)O)N(C)C(=O)N(C)CC(=O)N1CCCC1. The van der Waals surface area contributed by atoms with Crippen LogP contribution in [0.15, 0.2) is 0 Å². The molecule has 114 valence electrons. The Kier molecular flexibility index (Phi) is 5.79. The molecule has 7 heteroatoms. The summed E-state index contributed by atoms with van der Waals surface area (Å²) < 4.78 is 0. The number of hydrogen-bond donors (Lipinski definition) is 1. The quantitative estimate of drug-likeness (QED) is 0.795. The number of rotatable bonds is 5. The number of aliphatic carboxylic acids is 1. The molecular formula is C13H23N3O4. The summed E-state index contributed by atoms with van der Waals surface area (Å²) in [4.78, 5) is 39.3. The molecule has 1 saturated heterocycles. The van der Waals surface area contributed by atoms with E-state index in [9.17, 15) is 14.4 Å². The van der Waals surface area contributed by atoms with Crippen molar-refractivity contribution >= 4 is 17.9 Å². The van der Waals surface area contributed by atoms with Gasteiger partial charge in [0.25, 0.3) is 0 Å². The molecule has 1 heterocycles. The molecule has 0 aromatic carbocycles. The van der Waals surface area contributed by atoms with Crippen molar-refractivity contribution in [3.8, 4) is 0 Å². The fourth-order valence-electron chi connectivity index (χ4n) is 2.35. The third kappa shape index (κ3) is 3.85. The molecule has 1 atom stereocenters. The van der Waals surface area contributed by atoms with Crippen LogP contribution >= 0.6 is 0 Å². The van der Waals surface area contributed by atoms with Crippen LogP contribution in [0.4, 0.5) is 4.79 Å². The summed E-state index contributed by atoms with van der Waals surface area (Å²) in [6.45, 7) is 3.17.